The summed E-state index contributed by atoms with van der Waals surface area (Å²) >= 11 is 0. The summed E-state index contributed by atoms with van der Waals surface area (Å²) in [6.45, 7) is 20.8. The van der Waals surface area contributed by atoms with Crippen LogP contribution in [0.15, 0.2) is 12.2 Å². The molecule has 0 saturated carbocycles. The van der Waals surface area contributed by atoms with Gasteiger partial charge in [-0.1, -0.05) is 6.58 Å². The highest BCUT2D eigenvalue weighted by atomic mass is 16.6. The predicted molar refractivity (Wildman–Crippen MR) is 119 cm³/mol. The Hall–Kier alpha value is -1.40. The molecule has 0 amide bonds. The molecule has 0 aromatic rings. The predicted octanol–water partition coefficient (Wildman–Crippen LogP) is 3.93. The number of hydrogen-bond donors (Lipinski definition) is 0. The molecule has 2 saturated heterocycles. The van der Waals surface area contributed by atoms with E-state index in [1.54, 1.807) is 0 Å². The van der Waals surface area contributed by atoms with Crippen molar-refractivity contribution >= 4 is 11.9 Å². The summed E-state index contributed by atoms with van der Waals surface area (Å²) < 4.78 is 11.4. The van der Waals surface area contributed by atoms with E-state index in [0.29, 0.717) is 25.7 Å². The third-order valence-electron chi connectivity index (χ3n) is 7.58. The van der Waals surface area contributed by atoms with E-state index in [1.807, 2.05) is 0 Å². The SMILES string of the molecule is C=C(C(=O)OC1CC(C)(C)N(C)C(C)(C)C1)C(=O)OC1CC(C)(C)N(C)C(C)(C)C1. The van der Waals surface area contributed by atoms with E-state index in [2.05, 4.69) is 85.9 Å². The van der Waals surface area contributed by atoms with Gasteiger partial charge < -0.3 is 9.47 Å². The van der Waals surface area contributed by atoms with Crippen LogP contribution in [0.5, 0.6) is 0 Å². The molecule has 0 radical (unpaired) electrons. The number of rotatable bonds is 4. The Morgan fingerprint density at radius 1 is 0.667 bits per heavy atom. The lowest BCUT2D eigenvalue weighted by Gasteiger charge is -2.53. The maximum absolute atomic E-state index is 12.7. The molecule has 2 aliphatic rings. The molecule has 2 rings (SSSR count). The van der Waals surface area contributed by atoms with Gasteiger partial charge in [0, 0.05) is 47.8 Å². The van der Waals surface area contributed by atoms with E-state index in [9.17, 15) is 9.59 Å². The molecule has 0 aromatic heterocycles. The maximum Gasteiger partial charge on any atom is 0.345 e. The maximum atomic E-state index is 12.7. The number of piperidine rings is 2. The minimum Gasteiger partial charge on any atom is -0.458 e. The smallest absolute Gasteiger partial charge is 0.345 e. The minimum atomic E-state index is -0.674. The highest BCUT2D eigenvalue weighted by molar-refractivity contribution is 6.13. The lowest BCUT2D eigenvalue weighted by Crippen LogP contribution is -2.60. The van der Waals surface area contributed by atoms with Gasteiger partial charge in [0.05, 0.1) is 0 Å². The Kier molecular flexibility index (Phi) is 6.58. The standard InChI is InChI=1S/C24H42N2O4/c1-16(19(27)29-17-12-21(2,3)25(10)22(4,5)13-17)20(28)30-18-14-23(6,7)26(11)24(8,9)15-18/h17-18H,1,12-15H2,2-11H3. The highest BCUT2D eigenvalue weighted by Gasteiger charge is 2.46. The van der Waals surface area contributed by atoms with Crippen LogP contribution in [0.1, 0.15) is 81.1 Å². The average Bonchev–Trinajstić information content (AvgIpc) is 2.55. The van der Waals surface area contributed by atoms with Gasteiger partial charge in [-0.15, -0.1) is 0 Å². The van der Waals surface area contributed by atoms with E-state index in [-0.39, 0.29) is 39.9 Å². The van der Waals surface area contributed by atoms with Crippen LogP contribution < -0.4 is 0 Å². The van der Waals surface area contributed by atoms with Crippen molar-refractivity contribution in [3.8, 4) is 0 Å². The number of ether oxygens (including phenoxy) is 2. The van der Waals surface area contributed by atoms with Crippen LogP contribution in [0.2, 0.25) is 0 Å². The molecule has 0 aliphatic carbocycles. The second-order valence-electron chi connectivity index (χ2n) is 11.7. The third-order valence-corrected chi connectivity index (χ3v) is 7.58. The first-order valence-electron chi connectivity index (χ1n) is 11.0. The Labute approximate surface area is 183 Å². The molecule has 0 atom stereocenters. The summed E-state index contributed by atoms with van der Waals surface area (Å²) in [5, 5.41) is 0. The molecule has 0 N–H and O–H groups in total. The lowest BCUT2D eigenvalue weighted by atomic mass is 9.78. The molecular weight excluding hydrogens is 380 g/mol. The summed E-state index contributed by atoms with van der Waals surface area (Å²) in [6.07, 6.45) is 2.31. The fraction of sp³-hybridized carbons (Fsp3) is 0.833. The van der Waals surface area contributed by atoms with Gasteiger partial charge in [0.1, 0.15) is 17.8 Å². The van der Waals surface area contributed by atoms with Crippen LogP contribution in [0.3, 0.4) is 0 Å². The fourth-order valence-electron chi connectivity index (χ4n) is 5.25. The first-order valence-corrected chi connectivity index (χ1v) is 11.0. The Morgan fingerprint density at radius 2 is 0.900 bits per heavy atom. The van der Waals surface area contributed by atoms with Crippen molar-refractivity contribution in [1.82, 2.24) is 9.80 Å². The van der Waals surface area contributed by atoms with Crippen molar-refractivity contribution in [1.29, 1.82) is 0 Å². The van der Waals surface area contributed by atoms with Crippen LogP contribution in [0, 0.1) is 0 Å². The molecule has 2 aliphatic heterocycles. The highest BCUT2D eigenvalue weighted by Crippen LogP contribution is 2.39. The number of nitrogens with zero attached hydrogens (tertiary/aromatic N) is 2. The summed E-state index contributed by atoms with van der Waals surface area (Å²) in [5.41, 5.74) is -0.668. The number of esters is 2. The van der Waals surface area contributed by atoms with Crippen LogP contribution in [-0.4, -0.2) is 70.2 Å². The van der Waals surface area contributed by atoms with Crippen LogP contribution in [0.25, 0.3) is 0 Å². The molecule has 172 valence electrons. The topological polar surface area (TPSA) is 59.1 Å². The van der Waals surface area contributed by atoms with Crippen molar-refractivity contribution in [2.24, 2.45) is 0 Å². The van der Waals surface area contributed by atoms with E-state index in [0.717, 1.165) is 0 Å². The van der Waals surface area contributed by atoms with Gasteiger partial charge in [-0.05, 0) is 69.5 Å². The fourth-order valence-corrected chi connectivity index (χ4v) is 5.25. The molecule has 2 heterocycles. The molecule has 0 bridgehead atoms. The number of carbonyl (C=O) groups excluding carboxylic acids is 2. The molecule has 6 heteroatoms. The molecular formula is C24H42N2O4. The van der Waals surface area contributed by atoms with Gasteiger partial charge in [0.2, 0.25) is 0 Å². The van der Waals surface area contributed by atoms with Crippen molar-refractivity contribution in [2.45, 2.75) is 115 Å². The van der Waals surface area contributed by atoms with Gasteiger partial charge >= 0.3 is 11.9 Å². The zero-order chi connectivity index (χ0) is 23.3. The van der Waals surface area contributed by atoms with Crippen molar-refractivity contribution in [3.63, 3.8) is 0 Å². The van der Waals surface area contributed by atoms with Crippen LogP contribution in [-0.2, 0) is 19.1 Å². The summed E-state index contributed by atoms with van der Waals surface area (Å²) in [7, 11) is 4.19. The molecule has 0 unspecified atom stereocenters. The van der Waals surface area contributed by atoms with E-state index >= 15 is 0 Å². The molecule has 6 nitrogen and oxygen atoms in total. The summed E-state index contributed by atoms with van der Waals surface area (Å²) in [4.78, 5) is 30.0. The third kappa shape index (κ3) is 5.08. The normalized spacial score (nSPS) is 26.7. The first kappa shape index (κ1) is 24.9. The molecule has 2 fully saturated rings. The van der Waals surface area contributed by atoms with E-state index in [1.165, 1.54) is 0 Å². The number of carbonyl (C=O) groups is 2. The van der Waals surface area contributed by atoms with Crippen molar-refractivity contribution in [2.75, 3.05) is 14.1 Å². The zero-order valence-electron chi connectivity index (χ0n) is 20.7. The van der Waals surface area contributed by atoms with Gasteiger partial charge in [-0.25, -0.2) is 9.59 Å². The molecule has 0 spiro atoms. The minimum absolute atomic E-state index is 0.111. The Morgan fingerprint density at radius 3 is 1.13 bits per heavy atom. The monoisotopic (exact) mass is 422 g/mol. The largest absolute Gasteiger partial charge is 0.458 e. The van der Waals surface area contributed by atoms with Gasteiger partial charge in [-0.2, -0.15) is 0 Å². The van der Waals surface area contributed by atoms with Gasteiger partial charge in [-0.3, -0.25) is 9.80 Å². The Bertz CT molecular complexity index is 614. The zero-order valence-corrected chi connectivity index (χ0v) is 20.7. The first-order chi connectivity index (χ1) is 13.4. The average molecular weight is 423 g/mol. The van der Waals surface area contributed by atoms with Gasteiger partial charge in [0.25, 0.3) is 0 Å². The van der Waals surface area contributed by atoms with Crippen molar-refractivity contribution < 1.29 is 19.1 Å². The van der Waals surface area contributed by atoms with Crippen molar-refractivity contribution in [3.05, 3.63) is 12.2 Å². The quantitative estimate of drug-likeness (QED) is 0.296. The summed E-state index contributed by atoms with van der Waals surface area (Å²) in [6, 6.07) is 0. The molecule has 30 heavy (non-hydrogen) atoms. The van der Waals surface area contributed by atoms with Crippen LogP contribution in [0.4, 0.5) is 0 Å². The molecule has 0 aromatic carbocycles. The summed E-state index contributed by atoms with van der Waals surface area (Å²) in [5.74, 6) is -1.35. The van der Waals surface area contributed by atoms with E-state index in [4.69, 9.17) is 9.47 Å². The Balaban J connectivity index is 2.00. The number of likely N-dealkylation sites (tertiary alicyclic amines) is 2. The van der Waals surface area contributed by atoms with Crippen LogP contribution >= 0.6 is 0 Å². The second kappa shape index (κ2) is 7.94. The van der Waals surface area contributed by atoms with E-state index < -0.39 is 11.9 Å². The second-order valence-corrected chi connectivity index (χ2v) is 11.7. The number of hydrogen-bond acceptors (Lipinski definition) is 6. The lowest BCUT2D eigenvalue weighted by molar-refractivity contribution is -0.162. The van der Waals surface area contributed by atoms with Gasteiger partial charge in [0.15, 0.2) is 0 Å².